The molecule has 5 nitrogen and oxygen atoms in total. The molecule has 1 aromatic carbocycles. The number of methoxy groups -OCH3 is 1. The summed E-state index contributed by atoms with van der Waals surface area (Å²) in [6, 6.07) is 8.25. The van der Waals surface area contributed by atoms with E-state index in [1.54, 1.807) is 6.07 Å². The summed E-state index contributed by atoms with van der Waals surface area (Å²) in [4.78, 5) is 21.8. The molecule has 0 bridgehead atoms. The van der Waals surface area contributed by atoms with E-state index in [4.69, 9.17) is 0 Å². The summed E-state index contributed by atoms with van der Waals surface area (Å²) >= 11 is 0. The maximum Gasteiger partial charge on any atom is 0.356 e. The maximum atomic E-state index is 13.0. The molecule has 1 aliphatic rings. The van der Waals surface area contributed by atoms with Gasteiger partial charge in [-0.3, -0.25) is 0 Å². The molecule has 0 spiro atoms. The molecule has 3 rings (SSSR count). The van der Waals surface area contributed by atoms with Gasteiger partial charge in [0, 0.05) is 25.1 Å². The number of benzene rings is 1. The van der Waals surface area contributed by atoms with Crippen molar-refractivity contribution < 1.29 is 13.9 Å². The Hall–Kier alpha value is -2.50. The van der Waals surface area contributed by atoms with Crippen LogP contribution in [0, 0.1) is 5.82 Å². The first kappa shape index (κ1) is 14.4. The largest absolute Gasteiger partial charge is 0.464 e. The molecule has 0 radical (unpaired) electrons. The fraction of sp³-hybridized carbons (Fsp3) is 0.312. The minimum Gasteiger partial charge on any atom is -0.464 e. The minimum atomic E-state index is -0.474. The summed E-state index contributed by atoms with van der Waals surface area (Å²) < 4.78 is 17.7. The molecular formula is C16H16FN3O2. The average Bonchev–Trinajstić information content (AvgIpc) is 3.05. The van der Waals surface area contributed by atoms with Crippen LogP contribution < -0.4 is 4.90 Å². The van der Waals surface area contributed by atoms with E-state index in [2.05, 4.69) is 19.6 Å². The van der Waals surface area contributed by atoms with Crippen LogP contribution in [0.25, 0.3) is 0 Å². The molecule has 2 aromatic rings. The summed E-state index contributed by atoms with van der Waals surface area (Å²) in [7, 11) is 1.32. The molecule has 1 fully saturated rings. The Morgan fingerprint density at radius 2 is 2.09 bits per heavy atom. The molecule has 6 heteroatoms. The van der Waals surface area contributed by atoms with Gasteiger partial charge in [-0.1, -0.05) is 12.1 Å². The fourth-order valence-corrected chi connectivity index (χ4v) is 2.71. The lowest BCUT2D eigenvalue weighted by Gasteiger charge is -2.17. The van der Waals surface area contributed by atoms with Crippen molar-refractivity contribution in [1.29, 1.82) is 0 Å². The summed E-state index contributed by atoms with van der Waals surface area (Å²) in [6.07, 6.45) is 2.33. The van der Waals surface area contributed by atoms with Crippen LogP contribution in [0.15, 0.2) is 36.7 Å². The third-order valence-electron chi connectivity index (χ3n) is 3.90. The number of carbonyl (C=O) groups excluding carboxylic acids is 1. The van der Waals surface area contributed by atoms with Crippen LogP contribution in [0.4, 0.5) is 10.2 Å². The summed E-state index contributed by atoms with van der Waals surface area (Å²) in [5.41, 5.74) is 1.36. The van der Waals surface area contributed by atoms with Crippen LogP contribution in [-0.4, -0.2) is 36.1 Å². The Morgan fingerprint density at radius 3 is 2.82 bits per heavy atom. The Kier molecular flexibility index (Phi) is 4.00. The third kappa shape index (κ3) is 2.90. The Balaban J connectivity index is 1.75. The molecule has 0 amide bonds. The summed E-state index contributed by atoms with van der Waals surface area (Å²) in [5, 5.41) is 0. The minimum absolute atomic E-state index is 0.225. The van der Waals surface area contributed by atoms with Crippen molar-refractivity contribution in [1.82, 2.24) is 9.97 Å². The van der Waals surface area contributed by atoms with E-state index < -0.39 is 5.97 Å². The van der Waals surface area contributed by atoms with E-state index in [0.717, 1.165) is 25.1 Å². The number of anilines is 1. The van der Waals surface area contributed by atoms with Crippen molar-refractivity contribution in [2.45, 2.75) is 12.3 Å². The average molecular weight is 301 g/mol. The van der Waals surface area contributed by atoms with E-state index in [1.807, 2.05) is 12.1 Å². The van der Waals surface area contributed by atoms with Crippen LogP contribution in [0.3, 0.4) is 0 Å². The van der Waals surface area contributed by atoms with Gasteiger partial charge in [-0.05, 0) is 24.1 Å². The molecule has 1 atom stereocenters. The Labute approximate surface area is 127 Å². The van der Waals surface area contributed by atoms with E-state index in [0.29, 0.717) is 11.7 Å². The predicted molar refractivity (Wildman–Crippen MR) is 79.3 cm³/mol. The zero-order valence-corrected chi connectivity index (χ0v) is 12.2. The number of hydrogen-bond acceptors (Lipinski definition) is 5. The molecule has 22 heavy (non-hydrogen) atoms. The van der Waals surface area contributed by atoms with Crippen molar-refractivity contribution in [2.24, 2.45) is 0 Å². The van der Waals surface area contributed by atoms with Crippen molar-refractivity contribution >= 4 is 11.8 Å². The zero-order chi connectivity index (χ0) is 15.5. The standard InChI is InChI=1S/C16H16FN3O2/c1-22-16(21)14-8-15(19-10-18-14)20-7-6-12(9-20)11-2-4-13(17)5-3-11/h2-5,8,10,12H,6-7,9H2,1H3/t12-/m1/s1. The summed E-state index contributed by atoms with van der Waals surface area (Å²) in [6.45, 7) is 1.61. The molecule has 1 aromatic heterocycles. The molecule has 1 aliphatic heterocycles. The van der Waals surface area contributed by atoms with Gasteiger partial charge in [0.05, 0.1) is 7.11 Å². The van der Waals surface area contributed by atoms with Gasteiger partial charge in [0.15, 0.2) is 5.69 Å². The molecular weight excluding hydrogens is 285 g/mol. The van der Waals surface area contributed by atoms with Crippen LogP contribution in [0.2, 0.25) is 0 Å². The monoisotopic (exact) mass is 301 g/mol. The lowest BCUT2D eigenvalue weighted by molar-refractivity contribution is 0.0594. The highest BCUT2D eigenvalue weighted by Gasteiger charge is 2.25. The lowest BCUT2D eigenvalue weighted by atomic mass is 9.99. The predicted octanol–water partition coefficient (Wildman–Crippen LogP) is 2.40. The van der Waals surface area contributed by atoms with Gasteiger partial charge < -0.3 is 9.64 Å². The number of rotatable bonds is 3. The van der Waals surface area contributed by atoms with Gasteiger partial charge in [-0.25, -0.2) is 19.2 Å². The van der Waals surface area contributed by atoms with E-state index in [9.17, 15) is 9.18 Å². The highest BCUT2D eigenvalue weighted by Crippen LogP contribution is 2.30. The van der Waals surface area contributed by atoms with Crippen molar-refractivity contribution in [2.75, 3.05) is 25.1 Å². The van der Waals surface area contributed by atoms with Crippen molar-refractivity contribution in [3.8, 4) is 0 Å². The smallest absolute Gasteiger partial charge is 0.356 e. The van der Waals surface area contributed by atoms with Gasteiger partial charge in [-0.15, -0.1) is 0 Å². The zero-order valence-electron chi connectivity index (χ0n) is 12.2. The number of halogens is 1. The summed E-state index contributed by atoms with van der Waals surface area (Å²) in [5.74, 6) is 0.340. The van der Waals surface area contributed by atoms with Crippen LogP contribution >= 0.6 is 0 Å². The van der Waals surface area contributed by atoms with E-state index in [-0.39, 0.29) is 11.5 Å². The third-order valence-corrected chi connectivity index (χ3v) is 3.90. The highest BCUT2D eigenvalue weighted by atomic mass is 19.1. The van der Waals surface area contributed by atoms with Gasteiger partial charge in [-0.2, -0.15) is 0 Å². The Bertz CT molecular complexity index is 675. The van der Waals surface area contributed by atoms with Crippen molar-refractivity contribution in [3.05, 3.63) is 53.7 Å². The maximum absolute atomic E-state index is 13.0. The van der Waals surface area contributed by atoms with Gasteiger partial charge in [0.2, 0.25) is 0 Å². The molecule has 0 unspecified atom stereocenters. The molecule has 1 saturated heterocycles. The fourth-order valence-electron chi connectivity index (χ4n) is 2.71. The second kappa shape index (κ2) is 6.09. The number of nitrogens with zero attached hydrogens (tertiary/aromatic N) is 3. The molecule has 2 heterocycles. The molecule has 0 N–H and O–H groups in total. The van der Waals surface area contributed by atoms with Gasteiger partial charge in [0.1, 0.15) is 18.0 Å². The first-order chi connectivity index (χ1) is 10.7. The molecule has 0 saturated carbocycles. The first-order valence-corrected chi connectivity index (χ1v) is 7.08. The van der Waals surface area contributed by atoms with Crippen molar-refractivity contribution in [3.63, 3.8) is 0 Å². The number of hydrogen-bond donors (Lipinski definition) is 0. The molecule has 114 valence electrons. The lowest BCUT2D eigenvalue weighted by Crippen LogP contribution is -2.21. The van der Waals surface area contributed by atoms with Gasteiger partial charge in [0.25, 0.3) is 0 Å². The van der Waals surface area contributed by atoms with Crippen LogP contribution in [0.1, 0.15) is 28.4 Å². The van der Waals surface area contributed by atoms with Crippen LogP contribution in [-0.2, 0) is 4.74 Å². The normalized spacial score (nSPS) is 17.5. The number of aromatic nitrogens is 2. The Morgan fingerprint density at radius 1 is 1.32 bits per heavy atom. The highest BCUT2D eigenvalue weighted by molar-refractivity contribution is 5.87. The second-order valence-corrected chi connectivity index (χ2v) is 5.24. The second-order valence-electron chi connectivity index (χ2n) is 5.24. The van der Waals surface area contributed by atoms with Crippen LogP contribution in [0.5, 0.6) is 0 Å². The van der Waals surface area contributed by atoms with Gasteiger partial charge >= 0.3 is 5.97 Å². The first-order valence-electron chi connectivity index (χ1n) is 7.08. The van der Waals surface area contributed by atoms with E-state index >= 15 is 0 Å². The topological polar surface area (TPSA) is 55.3 Å². The molecule has 0 aliphatic carbocycles. The SMILES string of the molecule is COC(=O)c1cc(N2CC[C@@H](c3ccc(F)cc3)C2)ncn1. The number of ether oxygens (including phenoxy) is 1. The quantitative estimate of drug-likeness (QED) is 0.815. The number of esters is 1. The number of carbonyl (C=O) groups is 1. The van der Waals surface area contributed by atoms with E-state index in [1.165, 1.54) is 25.6 Å².